The lowest BCUT2D eigenvalue weighted by atomic mass is 10.0. The molecule has 0 radical (unpaired) electrons. The Hall–Kier alpha value is -1.55. The fraction of sp³-hybridized carbons (Fsp3) is 0.500. The van der Waals surface area contributed by atoms with E-state index in [1.807, 2.05) is 6.07 Å². The van der Waals surface area contributed by atoms with E-state index in [1.165, 1.54) is 5.56 Å². The molecule has 2 N–H and O–H groups in total. The van der Waals surface area contributed by atoms with Crippen molar-refractivity contribution in [2.24, 2.45) is 5.92 Å². The predicted molar refractivity (Wildman–Crippen MR) is 72.4 cm³/mol. The van der Waals surface area contributed by atoms with E-state index in [-0.39, 0.29) is 0 Å². The molecule has 1 aliphatic rings. The van der Waals surface area contributed by atoms with Gasteiger partial charge in [0.05, 0.1) is 11.0 Å². The lowest BCUT2D eigenvalue weighted by molar-refractivity contribution is 0.0618. The van der Waals surface area contributed by atoms with Crippen LogP contribution in [0.4, 0.5) is 5.95 Å². The van der Waals surface area contributed by atoms with Crippen molar-refractivity contribution < 1.29 is 4.74 Å². The van der Waals surface area contributed by atoms with Crippen molar-refractivity contribution in [2.45, 2.75) is 26.3 Å². The monoisotopic (exact) mass is 245 g/mol. The number of fused-ring (bicyclic) bond motifs is 1. The summed E-state index contributed by atoms with van der Waals surface area (Å²) in [6.45, 7) is 4.79. The minimum atomic E-state index is 0.627. The number of rotatable bonds is 2. The third-order valence-corrected chi connectivity index (χ3v) is 3.71. The number of imidazole rings is 1. The number of nitrogens with two attached hydrogens (primary N) is 1. The molecule has 1 aromatic carbocycles. The van der Waals surface area contributed by atoms with Crippen molar-refractivity contribution in [1.82, 2.24) is 9.55 Å². The SMILES string of the molecule is Cc1ccc2nc(N)n(CC3CCOCC3)c2c1. The van der Waals surface area contributed by atoms with Gasteiger partial charge in [-0.2, -0.15) is 0 Å². The number of nitrogen functional groups attached to an aromatic ring is 1. The molecule has 96 valence electrons. The van der Waals surface area contributed by atoms with Gasteiger partial charge in [-0.3, -0.25) is 0 Å². The molecule has 2 aromatic rings. The van der Waals surface area contributed by atoms with Crippen LogP contribution in [0.15, 0.2) is 18.2 Å². The Balaban J connectivity index is 1.94. The van der Waals surface area contributed by atoms with Crippen LogP contribution in [0.25, 0.3) is 11.0 Å². The highest BCUT2D eigenvalue weighted by Crippen LogP contribution is 2.24. The maximum absolute atomic E-state index is 6.04. The van der Waals surface area contributed by atoms with E-state index in [0.717, 1.165) is 43.6 Å². The molecule has 0 unspecified atom stereocenters. The van der Waals surface area contributed by atoms with Crippen molar-refractivity contribution in [3.05, 3.63) is 23.8 Å². The van der Waals surface area contributed by atoms with E-state index in [1.54, 1.807) is 0 Å². The van der Waals surface area contributed by atoms with E-state index >= 15 is 0 Å². The van der Waals surface area contributed by atoms with Crippen LogP contribution in [0.1, 0.15) is 18.4 Å². The zero-order valence-corrected chi connectivity index (χ0v) is 10.7. The number of aryl methyl sites for hydroxylation is 1. The van der Waals surface area contributed by atoms with Gasteiger partial charge in [0.1, 0.15) is 0 Å². The molecule has 0 saturated carbocycles. The highest BCUT2D eigenvalue weighted by Gasteiger charge is 2.17. The molecule has 1 saturated heterocycles. The Morgan fingerprint density at radius 2 is 2.17 bits per heavy atom. The van der Waals surface area contributed by atoms with E-state index in [4.69, 9.17) is 10.5 Å². The Bertz CT molecular complexity index is 555. The van der Waals surface area contributed by atoms with Crippen molar-refractivity contribution in [2.75, 3.05) is 18.9 Å². The van der Waals surface area contributed by atoms with Crippen LogP contribution in [-0.2, 0) is 11.3 Å². The summed E-state index contributed by atoms with van der Waals surface area (Å²) in [5.41, 5.74) is 9.43. The van der Waals surface area contributed by atoms with Crippen LogP contribution in [0, 0.1) is 12.8 Å². The Kier molecular flexibility index (Phi) is 2.96. The summed E-state index contributed by atoms with van der Waals surface area (Å²) in [7, 11) is 0. The molecule has 4 heteroatoms. The third-order valence-electron chi connectivity index (χ3n) is 3.71. The molecular weight excluding hydrogens is 226 g/mol. The van der Waals surface area contributed by atoms with Gasteiger partial charge in [0.25, 0.3) is 0 Å². The van der Waals surface area contributed by atoms with Crippen LogP contribution in [-0.4, -0.2) is 22.8 Å². The van der Waals surface area contributed by atoms with E-state index in [0.29, 0.717) is 11.9 Å². The summed E-state index contributed by atoms with van der Waals surface area (Å²) in [5.74, 6) is 1.28. The largest absolute Gasteiger partial charge is 0.381 e. The molecule has 0 bridgehead atoms. The van der Waals surface area contributed by atoms with Crippen molar-refractivity contribution in [1.29, 1.82) is 0 Å². The number of hydrogen-bond donors (Lipinski definition) is 1. The molecule has 1 fully saturated rings. The van der Waals surface area contributed by atoms with E-state index < -0.39 is 0 Å². The Morgan fingerprint density at radius 1 is 1.39 bits per heavy atom. The summed E-state index contributed by atoms with van der Waals surface area (Å²) in [5, 5.41) is 0. The van der Waals surface area contributed by atoms with Crippen molar-refractivity contribution >= 4 is 17.0 Å². The van der Waals surface area contributed by atoms with Gasteiger partial charge in [-0.1, -0.05) is 6.07 Å². The minimum absolute atomic E-state index is 0.627. The lowest BCUT2D eigenvalue weighted by Gasteiger charge is -2.23. The van der Waals surface area contributed by atoms with Gasteiger partial charge in [0, 0.05) is 19.8 Å². The van der Waals surface area contributed by atoms with E-state index in [9.17, 15) is 0 Å². The summed E-state index contributed by atoms with van der Waals surface area (Å²) in [6.07, 6.45) is 2.23. The first-order chi connectivity index (χ1) is 8.74. The van der Waals surface area contributed by atoms with Crippen LogP contribution in [0.3, 0.4) is 0 Å². The molecular formula is C14H19N3O. The number of anilines is 1. The number of aromatic nitrogens is 2. The summed E-state index contributed by atoms with van der Waals surface area (Å²) >= 11 is 0. The first-order valence-electron chi connectivity index (χ1n) is 6.54. The molecule has 0 spiro atoms. The molecule has 1 aromatic heterocycles. The number of ether oxygens (including phenoxy) is 1. The van der Waals surface area contributed by atoms with Gasteiger partial charge in [-0.25, -0.2) is 4.98 Å². The Morgan fingerprint density at radius 3 is 2.94 bits per heavy atom. The highest BCUT2D eigenvalue weighted by atomic mass is 16.5. The Labute approximate surface area is 107 Å². The van der Waals surface area contributed by atoms with Crippen molar-refractivity contribution in [3.8, 4) is 0 Å². The summed E-state index contributed by atoms with van der Waals surface area (Å²) in [6, 6.07) is 6.28. The first-order valence-corrected chi connectivity index (χ1v) is 6.54. The van der Waals surface area contributed by atoms with Crippen LogP contribution < -0.4 is 5.73 Å². The second kappa shape index (κ2) is 4.61. The zero-order chi connectivity index (χ0) is 12.5. The number of benzene rings is 1. The van der Waals surface area contributed by atoms with Crippen LogP contribution >= 0.6 is 0 Å². The second-order valence-electron chi connectivity index (χ2n) is 5.13. The molecule has 0 atom stereocenters. The maximum Gasteiger partial charge on any atom is 0.201 e. The van der Waals surface area contributed by atoms with Gasteiger partial charge in [0.15, 0.2) is 0 Å². The van der Waals surface area contributed by atoms with Crippen LogP contribution in [0.5, 0.6) is 0 Å². The van der Waals surface area contributed by atoms with E-state index in [2.05, 4.69) is 28.6 Å². The number of hydrogen-bond acceptors (Lipinski definition) is 3. The fourth-order valence-corrected chi connectivity index (χ4v) is 2.63. The molecule has 0 amide bonds. The standard InChI is InChI=1S/C14H19N3O/c1-10-2-3-12-13(8-10)17(14(15)16-12)9-11-4-6-18-7-5-11/h2-3,8,11H,4-7,9H2,1H3,(H2,15,16). The lowest BCUT2D eigenvalue weighted by Crippen LogP contribution is -2.21. The average molecular weight is 245 g/mol. The average Bonchev–Trinajstić information content (AvgIpc) is 2.67. The molecule has 4 nitrogen and oxygen atoms in total. The molecule has 0 aliphatic carbocycles. The minimum Gasteiger partial charge on any atom is -0.381 e. The molecule has 18 heavy (non-hydrogen) atoms. The molecule has 2 heterocycles. The van der Waals surface area contributed by atoms with Gasteiger partial charge in [-0.05, 0) is 43.4 Å². The third kappa shape index (κ3) is 2.08. The summed E-state index contributed by atoms with van der Waals surface area (Å²) in [4.78, 5) is 4.43. The fourth-order valence-electron chi connectivity index (χ4n) is 2.63. The van der Waals surface area contributed by atoms with Gasteiger partial charge in [0.2, 0.25) is 5.95 Å². The summed E-state index contributed by atoms with van der Waals surface area (Å²) < 4.78 is 7.55. The van der Waals surface area contributed by atoms with Gasteiger partial charge in [-0.15, -0.1) is 0 Å². The smallest absolute Gasteiger partial charge is 0.201 e. The second-order valence-corrected chi connectivity index (χ2v) is 5.13. The molecule has 1 aliphatic heterocycles. The zero-order valence-electron chi connectivity index (χ0n) is 10.7. The first kappa shape index (κ1) is 11.5. The maximum atomic E-state index is 6.04. The quantitative estimate of drug-likeness (QED) is 0.883. The topological polar surface area (TPSA) is 53.1 Å². The number of nitrogens with zero attached hydrogens (tertiary/aromatic N) is 2. The normalized spacial score (nSPS) is 17.4. The van der Waals surface area contributed by atoms with Crippen LogP contribution in [0.2, 0.25) is 0 Å². The highest BCUT2D eigenvalue weighted by molar-refractivity contribution is 5.79. The predicted octanol–water partition coefficient (Wildman–Crippen LogP) is 2.35. The molecule has 3 rings (SSSR count). The van der Waals surface area contributed by atoms with Crippen molar-refractivity contribution in [3.63, 3.8) is 0 Å². The van der Waals surface area contributed by atoms with Gasteiger partial charge >= 0.3 is 0 Å². The van der Waals surface area contributed by atoms with Gasteiger partial charge < -0.3 is 15.0 Å².